The van der Waals surface area contributed by atoms with E-state index in [9.17, 15) is 18.0 Å². The fourth-order valence-electron chi connectivity index (χ4n) is 1.48. The summed E-state index contributed by atoms with van der Waals surface area (Å²) in [5, 5.41) is 5.56. The summed E-state index contributed by atoms with van der Waals surface area (Å²) in [6, 6.07) is 6.02. The summed E-state index contributed by atoms with van der Waals surface area (Å²) in [7, 11) is 1.55. The minimum atomic E-state index is -4.28. The van der Waals surface area contributed by atoms with E-state index in [2.05, 4.69) is 10.6 Å². The first-order valence-corrected chi connectivity index (χ1v) is 7.03. The maximum absolute atomic E-state index is 12.2. The molecule has 0 heterocycles. The molecule has 0 radical (unpaired) electrons. The summed E-state index contributed by atoms with van der Waals surface area (Å²) in [5.41, 5.74) is -3.47. The first kappa shape index (κ1) is 17.8. The standard InChI is InChI=1S/C13H17F3N2O2S/c1-20-7-6-18-12(19)9-17-8-10-2-4-11(5-3-10)21-13(14,15)16/h2-5,17H,6-9H2,1H3,(H,18,19). The smallest absolute Gasteiger partial charge is 0.383 e. The maximum Gasteiger partial charge on any atom is 0.446 e. The third-order valence-corrected chi connectivity index (χ3v) is 3.14. The van der Waals surface area contributed by atoms with Gasteiger partial charge in [0.2, 0.25) is 5.91 Å². The van der Waals surface area contributed by atoms with Crippen LogP contribution in [0.15, 0.2) is 29.2 Å². The Bertz CT molecular complexity index is 438. The van der Waals surface area contributed by atoms with Gasteiger partial charge in [-0.1, -0.05) is 12.1 Å². The molecule has 1 aromatic carbocycles. The highest BCUT2D eigenvalue weighted by molar-refractivity contribution is 8.00. The fourth-order valence-corrected chi connectivity index (χ4v) is 2.02. The van der Waals surface area contributed by atoms with Gasteiger partial charge in [-0.3, -0.25) is 4.79 Å². The van der Waals surface area contributed by atoms with Crippen molar-refractivity contribution in [2.75, 3.05) is 26.8 Å². The number of thioether (sulfide) groups is 1. The van der Waals surface area contributed by atoms with Crippen LogP contribution in [0.1, 0.15) is 5.56 Å². The van der Waals surface area contributed by atoms with Crippen molar-refractivity contribution in [3.63, 3.8) is 0 Å². The predicted molar refractivity (Wildman–Crippen MR) is 74.9 cm³/mol. The first-order valence-electron chi connectivity index (χ1n) is 6.22. The quantitative estimate of drug-likeness (QED) is 0.569. The molecule has 1 amide bonds. The number of carbonyl (C=O) groups is 1. The molecule has 8 heteroatoms. The third kappa shape index (κ3) is 8.59. The van der Waals surface area contributed by atoms with Crippen molar-refractivity contribution in [1.29, 1.82) is 0 Å². The van der Waals surface area contributed by atoms with E-state index in [0.29, 0.717) is 19.7 Å². The van der Waals surface area contributed by atoms with Crippen LogP contribution in [-0.4, -0.2) is 38.2 Å². The molecule has 0 aromatic heterocycles. The highest BCUT2D eigenvalue weighted by Crippen LogP contribution is 2.36. The Hall–Kier alpha value is -1.25. The number of hydrogen-bond donors (Lipinski definition) is 2. The van der Waals surface area contributed by atoms with Crippen LogP contribution < -0.4 is 10.6 Å². The van der Waals surface area contributed by atoms with Crippen LogP contribution in [0.4, 0.5) is 13.2 Å². The molecule has 0 aliphatic carbocycles. The van der Waals surface area contributed by atoms with Gasteiger partial charge >= 0.3 is 5.51 Å². The SMILES string of the molecule is COCCNC(=O)CNCc1ccc(SC(F)(F)F)cc1. The Morgan fingerprint density at radius 2 is 1.95 bits per heavy atom. The van der Waals surface area contributed by atoms with E-state index in [0.717, 1.165) is 5.56 Å². The minimum Gasteiger partial charge on any atom is -0.383 e. The molecule has 0 atom stereocenters. The molecule has 0 saturated carbocycles. The van der Waals surface area contributed by atoms with E-state index in [1.54, 1.807) is 19.2 Å². The molecule has 21 heavy (non-hydrogen) atoms. The molecule has 0 spiro atoms. The van der Waals surface area contributed by atoms with Crippen molar-refractivity contribution in [2.24, 2.45) is 0 Å². The van der Waals surface area contributed by atoms with Crippen molar-refractivity contribution >= 4 is 17.7 Å². The van der Waals surface area contributed by atoms with E-state index in [-0.39, 0.29) is 29.1 Å². The van der Waals surface area contributed by atoms with E-state index in [1.807, 2.05) is 0 Å². The number of amides is 1. The fraction of sp³-hybridized carbons (Fsp3) is 0.462. The zero-order valence-corrected chi connectivity index (χ0v) is 12.3. The van der Waals surface area contributed by atoms with E-state index < -0.39 is 5.51 Å². The molecule has 0 aliphatic rings. The second kappa shape index (κ2) is 8.91. The lowest BCUT2D eigenvalue weighted by Gasteiger charge is -2.08. The second-order valence-corrected chi connectivity index (χ2v) is 5.28. The van der Waals surface area contributed by atoms with Gasteiger partial charge in [0.05, 0.1) is 13.2 Å². The Morgan fingerprint density at radius 3 is 2.52 bits per heavy atom. The lowest BCUT2D eigenvalue weighted by Crippen LogP contribution is -2.35. The van der Waals surface area contributed by atoms with E-state index in [4.69, 9.17) is 4.74 Å². The third-order valence-electron chi connectivity index (χ3n) is 2.40. The molecule has 1 rings (SSSR count). The number of methoxy groups -OCH3 is 1. The lowest BCUT2D eigenvalue weighted by atomic mass is 10.2. The molecule has 0 unspecified atom stereocenters. The second-order valence-electron chi connectivity index (χ2n) is 4.14. The number of ether oxygens (including phenoxy) is 1. The zero-order valence-electron chi connectivity index (χ0n) is 11.5. The molecule has 0 saturated heterocycles. The predicted octanol–water partition coefficient (Wildman–Crippen LogP) is 2.15. The van der Waals surface area contributed by atoms with Gasteiger partial charge in [0.25, 0.3) is 0 Å². The molecule has 2 N–H and O–H groups in total. The Balaban J connectivity index is 2.28. The van der Waals surface area contributed by atoms with Gasteiger partial charge in [-0.15, -0.1) is 0 Å². The number of alkyl halides is 3. The highest BCUT2D eigenvalue weighted by atomic mass is 32.2. The zero-order chi connectivity index (χ0) is 15.7. The molecule has 4 nitrogen and oxygen atoms in total. The van der Waals surface area contributed by atoms with Gasteiger partial charge in [-0.25, -0.2) is 0 Å². The summed E-state index contributed by atoms with van der Waals surface area (Å²) < 4.78 is 41.3. The van der Waals surface area contributed by atoms with Crippen molar-refractivity contribution in [2.45, 2.75) is 16.9 Å². The molecule has 0 bridgehead atoms. The molecular formula is C13H17F3N2O2S. The van der Waals surface area contributed by atoms with Gasteiger partial charge in [-0.05, 0) is 29.5 Å². The van der Waals surface area contributed by atoms with Gasteiger partial charge in [-0.2, -0.15) is 13.2 Å². The molecule has 0 aliphatic heterocycles. The van der Waals surface area contributed by atoms with Crippen LogP contribution in [-0.2, 0) is 16.1 Å². The van der Waals surface area contributed by atoms with Crippen molar-refractivity contribution in [3.05, 3.63) is 29.8 Å². The van der Waals surface area contributed by atoms with Crippen LogP contribution in [0.2, 0.25) is 0 Å². The summed E-state index contributed by atoms with van der Waals surface area (Å²) in [6.07, 6.45) is 0. The lowest BCUT2D eigenvalue weighted by molar-refractivity contribution is -0.120. The average molecular weight is 322 g/mol. The number of hydrogen-bond acceptors (Lipinski definition) is 4. The normalized spacial score (nSPS) is 11.4. The maximum atomic E-state index is 12.2. The molecule has 0 fully saturated rings. The van der Waals surface area contributed by atoms with Crippen LogP contribution in [0, 0.1) is 0 Å². The van der Waals surface area contributed by atoms with Crippen molar-refractivity contribution < 1.29 is 22.7 Å². The molecule has 1 aromatic rings. The van der Waals surface area contributed by atoms with Gasteiger partial charge < -0.3 is 15.4 Å². The Labute approximate surface area is 125 Å². The minimum absolute atomic E-state index is 0.142. The van der Waals surface area contributed by atoms with Crippen LogP contribution in [0.25, 0.3) is 0 Å². The largest absolute Gasteiger partial charge is 0.446 e. The first-order chi connectivity index (χ1) is 9.90. The van der Waals surface area contributed by atoms with Gasteiger partial charge in [0, 0.05) is 25.1 Å². The van der Waals surface area contributed by atoms with Crippen LogP contribution in [0.5, 0.6) is 0 Å². The number of benzene rings is 1. The summed E-state index contributed by atoms with van der Waals surface area (Å²) in [4.78, 5) is 11.5. The average Bonchev–Trinajstić information content (AvgIpc) is 2.39. The monoisotopic (exact) mass is 322 g/mol. The highest BCUT2D eigenvalue weighted by Gasteiger charge is 2.28. The topological polar surface area (TPSA) is 50.4 Å². The van der Waals surface area contributed by atoms with Crippen LogP contribution in [0.3, 0.4) is 0 Å². The number of rotatable bonds is 8. The van der Waals surface area contributed by atoms with Gasteiger partial charge in [0.15, 0.2) is 0 Å². The Kier molecular flexibility index (Phi) is 7.55. The summed E-state index contributed by atoms with van der Waals surface area (Å²) >= 11 is -0.147. The van der Waals surface area contributed by atoms with Gasteiger partial charge in [0.1, 0.15) is 0 Å². The summed E-state index contributed by atoms with van der Waals surface area (Å²) in [5.74, 6) is -0.156. The van der Waals surface area contributed by atoms with Crippen LogP contribution >= 0.6 is 11.8 Å². The van der Waals surface area contributed by atoms with E-state index >= 15 is 0 Å². The summed E-state index contributed by atoms with van der Waals surface area (Å²) in [6.45, 7) is 1.45. The van der Waals surface area contributed by atoms with Crippen molar-refractivity contribution in [3.8, 4) is 0 Å². The number of nitrogens with one attached hydrogen (secondary N) is 2. The number of carbonyl (C=O) groups excluding carboxylic acids is 1. The number of halogens is 3. The molecule has 118 valence electrons. The molecular weight excluding hydrogens is 305 g/mol. The van der Waals surface area contributed by atoms with E-state index in [1.165, 1.54) is 12.1 Å². The van der Waals surface area contributed by atoms with Crippen molar-refractivity contribution in [1.82, 2.24) is 10.6 Å². The Morgan fingerprint density at radius 1 is 1.29 bits per heavy atom.